The molecule has 2 N–H and O–H groups in total. The lowest BCUT2D eigenvalue weighted by Crippen LogP contribution is -2.34. The molecule has 0 spiro atoms. The summed E-state index contributed by atoms with van der Waals surface area (Å²) in [6.45, 7) is 7.18. The normalized spacial score (nSPS) is 29.2. The van der Waals surface area contributed by atoms with Gasteiger partial charge in [-0.2, -0.15) is 0 Å². The van der Waals surface area contributed by atoms with Crippen LogP contribution in [-0.2, 0) is 6.54 Å². The van der Waals surface area contributed by atoms with Crippen molar-refractivity contribution in [2.45, 2.75) is 63.7 Å². The second-order valence-corrected chi connectivity index (χ2v) is 8.46. The van der Waals surface area contributed by atoms with Gasteiger partial charge in [0, 0.05) is 43.5 Å². The van der Waals surface area contributed by atoms with Crippen LogP contribution in [0.25, 0.3) is 0 Å². The van der Waals surface area contributed by atoms with Gasteiger partial charge >= 0.3 is 0 Å². The number of hydrogen-bond acceptors (Lipinski definition) is 4. The van der Waals surface area contributed by atoms with Crippen molar-refractivity contribution in [2.24, 2.45) is 5.92 Å². The van der Waals surface area contributed by atoms with Crippen LogP contribution in [0.5, 0.6) is 0 Å². The molecule has 3 aliphatic rings. The minimum Gasteiger partial charge on any atom is -0.396 e. The van der Waals surface area contributed by atoms with E-state index in [2.05, 4.69) is 46.3 Å². The Bertz CT molecular complexity index is 566. The summed E-state index contributed by atoms with van der Waals surface area (Å²) in [5.41, 5.74) is 2.68. The van der Waals surface area contributed by atoms with Crippen LogP contribution in [0.4, 0.5) is 5.69 Å². The van der Waals surface area contributed by atoms with Gasteiger partial charge in [0.05, 0.1) is 0 Å². The summed E-state index contributed by atoms with van der Waals surface area (Å²) in [6.07, 6.45) is 6.32. The summed E-state index contributed by atoms with van der Waals surface area (Å²) in [7, 11) is 0. The highest BCUT2D eigenvalue weighted by Gasteiger charge is 2.38. The Morgan fingerprint density at radius 3 is 2.68 bits per heavy atom. The van der Waals surface area contributed by atoms with Crippen LogP contribution in [0.1, 0.15) is 44.6 Å². The van der Waals surface area contributed by atoms with Crippen LogP contribution in [0.3, 0.4) is 0 Å². The maximum atomic E-state index is 9.28. The molecule has 2 heterocycles. The minimum absolute atomic E-state index is 0.352. The summed E-state index contributed by atoms with van der Waals surface area (Å²) < 4.78 is 0. The second kappa shape index (κ2) is 7.65. The van der Waals surface area contributed by atoms with Gasteiger partial charge in [-0.15, -0.1) is 0 Å². The van der Waals surface area contributed by atoms with Gasteiger partial charge in [0.15, 0.2) is 0 Å². The van der Waals surface area contributed by atoms with Crippen molar-refractivity contribution in [1.82, 2.24) is 9.80 Å². The fraction of sp³-hybridized carbons (Fsp3) is 0.714. The molecule has 2 atom stereocenters. The zero-order chi connectivity index (χ0) is 17.2. The van der Waals surface area contributed by atoms with Crippen LogP contribution in [-0.4, -0.2) is 59.3 Å². The minimum atomic E-state index is 0.352. The predicted molar refractivity (Wildman–Crippen MR) is 103 cm³/mol. The fourth-order valence-corrected chi connectivity index (χ4v) is 4.66. The Hall–Kier alpha value is -1.10. The third kappa shape index (κ3) is 4.36. The van der Waals surface area contributed by atoms with E-state index in [1.807, 2.05) is 0 Å². The number of nitrogens with zero attached hydrogens (tertiary/aromatic N) is 2. The Morgan fingerprint density at radius 2 is 1.96 bits per heavy atom. The monoisotopic (exact) mass is 343 g/mol. The third-order valence-corrected chi connectivity index (χ3v) is 6.31. The molecular weight excluding hydrogens is 310 g/mol. The van der Waals surface area contributed by atoms with E-state index < -0.39 is 0 Å². The van der Waals surface area contributed by atoms with E-state index in [1.54, 1.807) is 0 Å². The number of nitrogens with one attached hydrogen (secondary N) is 1. The number of likely N-dealkylation sites (tertiary alicyclic amines) is 2. The zero-order valence-corrected chi connectivity index (χ0v) is 15.5. The molecule has 0 bridgehead atoms. The van der Waals surface area contributed by atoms with E-state index in [0.29, 0.717) is 18.6 Å². The molecule has 4 nitrogen and oxygen atoms in total. The summed E-state index contributed by atoms with van der Waals surface area (Å²) in [5.74, 6) is 0.517. The van der Waals surface area contributed by atoms with Crippen LogP contribution >= 0.6 is 0 Å². The Balaban J connectivity index is 1.31. The SMILES string of the molecule is CC1CC(Nc2cccc(CN3CCC(CO)CC3)c2)CN1C1CC1. The highest BCUT2D eigenvalue weighted by atomic mass is 16.3. The Morgan fingerprint density at radius 1 is 1.16 bits per heavy atom. The lowest BCUT2D eigenvalue weighted by atomic mass is 9.97. The molecule has 2 unspecified atom stereocenters. The quantitative estimate of drug-likeness (QED) is 0.833. The molecule has 1 saturated carbocycles. The largest absolute Gasteiger partial charge is 0.396 e. The number of rotatable bonds is 6. The number of hydrogen-bond donors (Lipinski definition) is 2. The maximum Gasteiger partial charge on any atom is 0.0460 e. The molecule has 3 fully saturated rings. The summed E-state index contributed by atoms with van der Waals surface area (Å²) in [4.78, 5) is 5.23. The molecule has 1 aliphatic carbocycles. The summed E-state index contributed by atoms with van der Waals surface area (Å²) in [5, 5.41) is 13.1. The van der Waals surface area contributed by atoms with Gasteiger partial charge in [0.2, 0.25) is 0 Å². The molecule has 1 aromatic carbocycles. The van der Waals surface area contributed by atoms with Gasteiger partial charge < -0.3 is 10.4 Å². The van der Waals surface area contributed by atoms with Crippen LogP contribution < -0.4 is 5.32 Å². The molecule has 2 saturated heterocycles. The van der Waals surface area contributed by atoms with E-state index in [0.717, 1.165) is 44.6 Å². The number of benzene rings is 1. The van der Waals surface area contributed by atoms with Gasteiger partial charge in [-0.1, -0.05) is 12.1 Å². The third-order valence-electron chi connectivity index (χ3n) is 6.31. The van der Waals surface area contributed by atoms with Crippen molar-refractivity contribution in [2.75, 3.05) is 31.6 Å². The topological polar surface area (TPSA) is 38.7 Å². The van der Waals surface area contributed by atoms with Gasteiger partial charge in [-0.05, 0) is 75.7 Å². The first-order valence-corrected chi connectivity index (χ1v) is 10.2. The Labute approximate surface area is 152 Å². The van der Waals surface area contributed by atoms with Gasteiger partial charge in [-0.3, -0.25) is 9.80 Å². The number of anilines is 1. The molecule has 4 rings (SSSR count). The Kier molecular flexibility index (Phi) is 5.30. The highest BCUT2D eigenvalue weighted by Crippen LogP contribution is 2.34. The smallest absolute Gasteiger partial charge is 0.0460 e. The van der Waals surface area contributed by atoms with E-state index in [9.17, 15) is 5.11 Å². The lowest BCUT2D eigenvalue weighted by Gasteiger charge is -2.31. The molecule has 2 aliphatic heterocycles. The first-order chi connectivity index (χ1) is 12.2. The average molecular weight is 344 g/mol. The van der Waals surface area contributed by atoms with Crippen LogP contribution in [0.2, 0.25) is 0 Å². The molecule has 0 radical (unpaired) electrons. The second-order valence-electron chi connectivity index (χ2n) is 8.46. The van der Waals surface area contributed by atoms with Crippen molar-refractivity contribution in [1.29, 1.82) is 0 Å². The standard InChI is InChI=1S/C21H33N3O/c1-16-11-20(14-24(16)21-5-6-21)22-19-4-2-3-18(12-19)13-23-9-7-17(15-25)8-10-23/h2-4,12,16-17,20-22,25H,5-11,13-15H2,1H3. The summed E-state index contributed by atoms with van der Waals surface area (Å²) >= 11 is 0. The fourth-order valence-electron chi connectivity index (χ4n) is 4.66. The maximum absolute atomic E-state index is 9.28. The molecular formula is C21H33N3O. The van der Waals surface area contributed by atoms with Crippen molar-refractivity contribution >= 4 is 5.69 Å². The molecule has 25 heavy (non-hydrogen) atoms. The number of aliphatic hydroxyl groups is 1. The van der Waals surface area contributed by atoms with Gasteiger partial charge in [0.25, 0.3) is 0 Å². The van der Waals surface area contributed by atoms with Crippen molar-refractivity contribution < 1.29 is 5.11 Å². The first-order valence-electron chi connectivity index (χ1n) is 10.2. The van der Waals surface area contributed by atoms with Crippen molar-refractivity contribution in [3.8, 4) is 0 Å². The zero-order valence-electron chi connectivity index (χ0n) is 15.5. The first kappa shape index (κ1) is 17.3. The highest BCUT2D eigenvalue weighted by molar-refractivity contribution is 5.47. The number of aliphatic hydroxyl groups excluding tert-OH is 1. The van der Waals surface area contributed by atoms with E-state index in [4.69, 9.17) is 0 Å². The van der Waals surface area contributed by atoms with Crippen molar-refractivity contribution in [3.63, 3.8) is 0 Å². The van der Waals surface area contributed by atoms with Crippen molar-refractivity contribution in [3.05, 3.63) is 29.8 Å². The lowest BCUT2D eigenvalue weighted by molar-refractivity contribution is 0.127. The molecule has 4 heteroatoms. The summed E-state index contributed by atoms with van der Waals surface area (Å²) in [6, 6.07) is 11.2. The van der Waals surface area contributed by atoms with Crippen LogP contribution in [0.15, 0.2) is 24.3 Å². The molecule has 0 aromatic heterocycles. The van der Waals surface area contributed by atoms with E-state index >= 15 is 0 Å². The van der Waals surface area contributed by atoms with E-state index in [1.165, 1.54) is 37.1 Å². The molecule has 138 valence electrons. The van der Waals surface area contributed by atoms with Gasteiger partial charge in [0.1, 0.15) is 0 Å². The molecule has 0 amide bonds. The van der Waals surface area contributed by atoms with Crippen LogP contribution in [0, 0.1) is 5.92 Å². The number of piperidine rings is 1. The average Bonchev–Trinajstić information content (AvgIpc) is 3.40. The van der Waals surface area contributed by atoms with E-state index in [-0.39, 0.29) is 0 Å². The molecule has 1 aromatic rings. The predicted octanol–water partition coefficient (Wildman–Crippen LogP) is 2.93. The van der Waals surface area contributed by atoms with Gasteiger partial charge in [-0.25, -0.2) is 0 Å².